The van der Waals surface area contributed by atoms with Gasteiger partial charge >= 0.3 is 0 Å². The average Bonchev–Trinajstić information content (AvgIpc) is 2.39. The van der Waals surface area contributed by atoms with Crippen LogP contribution in [0.5, 0.6) is 5.75 Å². The van der Waals surface area contributed by atoms with Gasteiger partial charge in [-0.1, -0.05) is 12.7 Å². The van der Waals surface area contributed by atoms with Gasteiger partial charge in [-0.15, -0.1) is 0 Å². The quantitative estimate of drug-likeness (QED) is 0.616. The lowest BCUT2D eigenvalue weighted by atomic mass is 10.2. The lowest BCUT2D eigenvalue weighted by Gasteiger charge is -2.08. The number of aliphatic imine (C=N–C) groups is 1. The van der Waals surface area contributed by atoms with E-state index in [2.05, 4.69) is 34.2 Å². The molecule has 0 saturated heterocycles. The average molecular weight is 309 g/mol. The minimum absolute atomic E-state index is 0.0412. The normalized spacial score (nSPS) is 10.6. The smallest absolute Gasteiger partial charge is 0.180 e. The topological polar surface area (TPSA) is 45.4 Å². The Labute approximate surface area is 113 Å². The highest BCUT2D eigenvalue weighted by Crippen LogP contribution is 2.28. The van der Waals surface area contributed by atoms with E-state index in [1.807, 2.05) is 6.07 Å². The third-order valence-corrected chi connectivity index (χ3v) is 2.83. The van der Waals surface area contributed by atoms with Crippen LogP contribution >= 0.6 is 15.9 Å². The Kier molecular flexibility index (Phi) is 5.28. The summed E-state index contributed by atoms with van der Waals surface area (Å²) in [5, 5.41) is 8.73. The second-order valence-electron chi connectivity index (χ2n) is 3.19. The van der Waals surface area contributed by atoms with Gasteiger partial charge in [0.25, 0.3) is 0 Å². The third kappa shape index (κ3) is 3.28. The first-order valence-electron chi connectivity index (χ1n) is 4.93. The molecule has 0 aliphatic heterocycles. The van der Waals surface area contributed by atoms with Gasteiger partial charge in [0.2, 0.25) is 0 Å². The number of nitriles is 1. The van der Waals surface area contributed by atoms with Crippen LogP contribution in [0.2, 0.25) is 0 Å². The van der Waals surface area contributed by atoms with Crippen LogP contribution in [0.4, 0.5) is 4.39 Å². The predicted molar refractivity (Wildman–Crippen MR) is 72.1 cm³/mol. The number of benzene rings is 1. The van der Waals surface area contributed by atoms with Gasteiger partial charge in [-0.3, -0.25) is 4.99 Å². The van der Waals surface area contributed by atoms with E-state index in [0.29, 0.717) is 5.70 Å². The summed E-state index contributed by atoms with van der Waals surface area (Å²) in [5.41, 5.74) is 0.744. The Hall–Kier alpha value is -1.93. The summed E-state index contributed by atoms with van der Waals surface area (Å²) in [4.78, 5) is 3.71. The van der Waals surface area contributed by atoms with Crippen molar-refractivity contribution in [1.82, 2.24) is 0 Å². The predicted octanol–water partition coefficient (Wildman–Crippen LogP) is 3.61. The van der Waals surface area contributed by atoms with Crippen molar-refractivity contribution in [3.05, 3.63) is 52.4 Å². The molecule has 3 nitrogen and oxygen atoms in total. The molecule has 5 heteroatoms. The van der Waals surface area contributed by atoms with E-state index < -0.39 is 5.82 Å². The monoisotopic (exact) mass is 308 g/mol. The molecule has 0 radical (unpaired) electrons. The molecule has 0 saturated carbocycles. The van der Waals surface area contributed by atoms with Crippen LogP contribution in [0.15, 0.2) is 46.0 Å². The highest BCUT2D eigenvalue weighted by atomic mass is 79.9. The van der Waals surface area contributed by atoms with Crippen molar-refractivity contribution in [1.29, 1.82) is 5.26 Å². The van der Waals surface area contributed by atoms with Crippen molar-refractivity contribution < 1.29 is 9.13 Å². The molecule has 0 spiro atoms. The maximum atomic E-state index is 13.8. The van der Waals surface area contributed by atoms with Crippen molar-refractivity contribution in [2.75, 3.05) is 6.61 Å². The first-order chi connectivity index (χ1) is 8.63. The lowest BCUT2D eigenvalue weighted by Crippen LogP contribution is -2.02. The SMILES string of the molecule is C=C/C=C(/COc1ccc(C#N)c(Br)c1F)N=C. The van der Waals surface area contributed by atoms with Gasteiger partial charge in [-0.05, 0) is 40.9 Å². The molecule has 0 aromatic heterocycles. The Morgan fingerprint density at radius 1 is 1.61 bits per heavy atom. The molecule has 0 heterocycles. The highest BCUT2D eigenvalue weighted by Gasteiger charge is 2.12. The maximum absolute atomic E-state index is 13.8. The number of nitrogens with zero attached hydrogens (tertiary/aromatic N) is 2. The minimum atomic E-state index is -0.615. The summed E-state index contributed by atoms with van der Waals surface area (Å²) in [6, 6.07) is 4.73. The molecular weight excluding hydrogens is 299 g/mol. The van der Waals surface area contributed by atoms with E-state index in [4.69, 9.17) is 10.00 Å². The summed E-state index contributed by atoms with van der Waals surface area (Å²) in [6.07, 6.45) is 3.15. The van der Waals surface area contributed by atoms with Gasteiger partial charge in [0.05, 0.1) is 15.7 Å². The molecule has 0 aliphatic rings. The fraction of sp³-hybridized carbons (Fsp3) is 0.0769. The Morgan fingerprint density at radius 3 is 2.89 bits per heavy atom. The second-order valence-corrected chi connectivity index (χ2v) is 3.98. The Bertz CT molecular complexity index is 547. The molecule has 92 valence electrons. The molecule has 0 amide bonds. The third-order valence-electron chi connectivity index (χ3n) is 2.06. The lowest BCUT2D eigenvalue weighted by molar-refractivity contribution is 0.330. The number of hydrogen-bond donors (Lipinski definition) is 0. The fourth-order valence-electron chi connectivity index (χ4n) is 1.16. The molecule has 0 unspecified atom stereocenters. The molecular formula is C13H10BrFN2O. The van der Waals surface area contributed by atoms with Gasteiger partial charge in [0.1, 0.15) is 12.7 Å². The van der Waals surface area contributed by atoms with Crippen molar-refractivity contribution >= 4 is 22.6 Å². The summed E-state index contributed by atoms with van der Waals surface area (Å²) in [7, 11) is 0. The summed E-state index contributed by atoms with van der Waals surface area (Å²) >= 11 is 3.00. The zero-order valence-electron chi connectivity index (χ0n) is 9.49. The first kappa shape index (κ1) is 14.1. The zero-order valence-corrected chi connectivity index (χ0v) is 11.1. The van der Waals surface area contributed by atoms with E-state index in [-0.39, 0.29) is 22.4 Å². The zero-order chi connectivity index (χ0) is 13.5. The number of ether oxygens (including phenoxy) is 1. The molecule has 1 rings (SSSR count). The fourth-order valence-corrected chi connectivity index (χ4v) is 1.58. The second kappa shape index (κ2) is 6.72. The Morgan fingerprint density at radius 2 is 2.33 bits per heavy atom. The van der Waals surface area contributed by atoms with Crippen LogP contribution in [-0.2, 0) is 0 Å². The van der Waals surface area contributed by atoms with Gasteiger partial charge in [-0.2, -0.15) is 5.26 Å². The molecule has 1 aromatic rings. The molecule has 0 aliphatic carbocycles. The van der Waals surface area contributed by atoms with Gasteiger partial charge in [0.15, 0.2) is 11.6 Å². The summed E-state index contributed by atoms with van der Waals surface area (Å²) in [6.45, 7) is 6.96. The molecule has 0 atom stereocenters. The van der Waals surface area contributed by atoms with Crippen LogP contribution < -0.4 is 4.74 Å². The number of hydrogen-bond acceptors (Lipinski definition) is 3. The van der Waals surface area contributed by atoms with Crippen molar-refractivity contribution in [3.8, 4) is 11.8 Å². The van der Waals surface area contributed by atoms with Gasteiger partial charge in [0, 0.05) is 0 Å². The number of halogens is 2. The minimum Gasteiger partial charge on any atom is -0.484 e. The van der Waals surface area contributed by atoms with E-state index in [1.54, 1.807) is 12.2 Å². The first-order valence-corrected chi connectivity index (χ1v) is 5.72. The summed E-state index contributed by atoms with van der Waals surface area (Å²) in [5.74, 6) is -0.574. The standard InChI is InChI=1S/C13H10BrFN2O/c1-3-4-10(17-2)8-18-11-6-5-9(7-16)12(14)13(11)15/h3-6H,1-2,8H2/b10-4-. The van der Waals surface area contributed by atoms with Gasteiger partial charge in [-0.25, -0.2) is 4.39 Å². The van der Waals surface area contributed by atoms with Crippen molar-refractivity contribution in [3.63, 3.8) is 0 Å². The highest BCUT2D eigenvalue weighted by molar-refractivity contribution is 9.10. The molecule has 1 aromatic carbocycles. The van der Waals surface area contributed by atoms with E-state index in [0.717, 1.165) is 0 Å². The van der Waals surface area contributed by atoms with Crippen LogP contribution in [0.3, 0.4) is 0 Å². The van der Waals surface area contributed by atoms with E-state index >= 15 is 0 Å². The van der Waals surface area contributed by atoms with E-state index in [9.17, 15) is 4.39 Å². The Balaban J connectivity index is 2.90. The van der Waals surface area contributed by atoms with Crippen LogP contribution in [0.1, 0.15) is 5.56 Å². The largest absolute Gasteiger partial charge is 0.484 e. The molecule has 0 fully saturated rings. The van der Waals surface area contributed by atoms with E-state index in [1.165, 1.54) is 12.1 Å². The van der Waals surface area contributed by atoms with Crippen molar-refractivity contribution in [2.24, 2.45) is 4.99 Å². The van der Waals surface area contributed by atoms with Gasteiger partial charge < -0.3 is 4.74 Å². The van der Waals surface area contributed by atoms with Crippen LogP contribution in [0, 0.1) is 17.1 Å². The molecule has 0 N–H and O–H groups in total. The molecule has 18 heavy (non-hydrogen) atoms. The van der Waals surface area contributed by atoms with Crippen LogP contribution in [0.25, 0.3) is 0 Å². The number of rotatable bonds is 5. The van der Waals surface area contributed by atoms with Crippen LogP contribution in [-0.4, -0.2) is 13.3 Å². The maximum Gasteiger partial charge on any atom is 0.180 e. The molecule has 0 bridgehead atoms. The van der Waals surface area contributed by atoms with Crippen molar-refractivity contribution in [2.45, 2.75) is 0 Å². The summed E-state index contributed by atoms with van der Waals surface area (Å²) < 4.78 is 19.1. The number of allylic oxidation sites excluding steroid dienone is 2.